The van der Waals surface area contributed by atoms with Crippen molar-refractivity contribution in [2.24, 2.45) is 40.9 Å². The Balaban J connectivity index is 1.25. The first-order chi connectivity index (χ1) is 16.4. The van der Waals surface area contributed by atoms with Gasteiger partial charge in [-0.05, 0) is 112 Å². The molecule has 6 nitrogen and oxygen atoms in total. The van der Waals surface area contributed by atoms with Crippen molar-refractivity contribution < 1.29 is 14.6 Å². The molecule has 34 heavy (non-hydrogen) atoms. The maximum Gasteiger partial charge on any atom is 0.163 e. The number of ether oxygens (including phenoxy) is 1. The van der Waals surface area contributed by atoms with E-state index in [4.69, 9.17) is 10.00 Å². The summed E-state index contributed by atoms with van der Waals surface area (Å²) in [4.78, 5) is 13.4. The van der Waals surface area contributed by atoms with Gasteiger partial charge in [0.15, 0.2) is 5.69 Å². The first-order valence-electron chi connectivity index (χ1n) is 13.4. The Morgan fingerprint density at radius 1 is 1.12 bits per heavy atom. The number of hydrogen-bond donors (Lipinski definition) is 1. The number of rotatable bonds is 6. The molecule has 4 saturated carbocycles. The van der Waals surface area contributed by atoms with Crippen molar-refractivity contribution in [3.05, 3.63) is 23.5 Å². The fourth-order valence-corrected chi connectivity index (χ4v) is 8.73. The van der Waals surface area contributed by atoms with Crippen LogP contribution < -0.4 is 0 Å². The van der Waals surface area contributed by atoms with Crippen LogP contribution in [0, 0.1) is 52.3 Å². The highest BCUT2D eigenvalue weighted by Crippen LogP contribution is 2.64. The van der Waals surface area contributed by atoms with E-state index in [1.165, 1.54) is 25.7 Å². The van der Waals surface area contributed by atoms with Crippen LogP contribution in [0.25, 0.3) is 0 Å². The van der Waals surface area contributed by atoms with Crippen LogP contribution in [0.1, 0.15) is 83.0 Å². The number of ketones is 1. The number of aromatic nitrogens is 2. The third-order valence-corrected chi connectivity index (χ3v) is 10.3. The van der Waals surface area contributed by atoms with Crippen LogP contribution in [-0.4, -0.2) is 39.9 Å². The molecule has 0 amide bonds. The third-order valence-electron chi connectivity index (χ3n) is 10.3. The van der Waals surface area contributed by atoms with Crippen LogP contribution in [0.15, 0.2) is 12.1 Å². The molecule has 5 rings (SSSR count). The minimum Gasteiger partial charge on any atom is -0.387 e. The first kappa shape index (κ1) is 23.9. The summed E-state index contributed by atoms with van der Waals surface area (Å²) in [5, 5.41) is 28.0. The first-order valence-corrected chi connectivity index (χ1v) is 13.4. The molecule has 1 heterocycles. The molecule has 1 aromatic heterocycles. The smallest absolute Gasteiger partial charge is 0.163 e. The van der Waals surface area contributed by atoms with Gasteiger partial charge >= 0.3 is 0 Å². The van der Waals surface area contributed by atoms with Gasteiger partial charge in [0.05, 0.1) is 24.3 Å². The quantitative estimate of drug-likeness (QED) is 0.665. The predicted octanol–water partition coefficient (Wildman–Crippen LogP) is 4.50. The molecule has 1 N–H and O–H groups in total. The average molecular weight is 466 g/mol. The number of Topliss-reactive ketones (excluding diaryl/α,β-unsaturated/α-hetero) is 1. The lowest BCUT2D eigenvalue weighted by Gasteiger charge is -2.57. The molecule has 8 atom stereocenters. The summed E-state index contributed by atoms with van der Waals surface area (Å²) in [5.41, 5.74) is 0.422. The second-order valence-corrected chi connectivity index (χ2v) is 11.9. The molecule has 0 spiro atoms. The van der Waals surface area contributed by atoms with E-state index in [2.05, 4.69) is 17.1 Å². The molecule has 4 aliphatic carbocycles. The molecule has 4 aliphatic rings. The minimum absolute atomic E-state index is 0.0927. The molecule has 6 heteroatoms. The van der Waals surface area contributed by atoms with Gasteiger partial charge < -0.3 is 9.84 Å². The van der Waals surface area contributed by atoms with E-state index >= 15 is 0 Å². The van der Waals surface area contributed by atoms with Gasteiger partial charge in [-0.25, -0.2) is 0 Å². The van der Waals surface area contributed by atoms with E-state index in [-0.39, 0.29) is 17.0 Å². The zero-order valence-electron chi connectivity index (χ0n) is 20.7. The molecule has 0 bridgehead atoms. The van der Waals surface area contributed by atoms with Crippen LogP contribution >= 0.6 is 0 Å². The Morgan fingerprint density at radius 3 is 2.68 bits per heavy atom. The third kappa shape index (κ3) is 4.20. The predicted molar refractivity (Wildman–Crippen MR) is 128 cm³/mol. The number of carbonyl (C=O) groups is 1. The van der Waals surface area contributed by atoms with E-state index < -0.39 is 5.60 Å². The van der Waals surface area contributed by atoms with Crippen molar-refractivity contribution in [2.45, 2.75) is 83.7 Å². The Hall–Kier alpha value is -1.84. The molecular formula is C28H39N3O3. The Bertz CT molecular complexity index is 943. The average Bonchev–Trinajstić information content (AvgIpc) is 3.20. The molecule has 4 fully saturated rings. The van der Waals surface area contributed by atoms with Gasteiger partial charge in [0, 0.05) is 12.5 Å². The van der Waals surface area contributed by atoms with Crippen LogP contribution in [-0.2, 0) is 16.0 Å². The van der Waals surface area contributed by atoms with Gasteiger partial charge in [0.25, 0.3) is 0 Å². The zero-order valence-corrected chi connectivity index (χ0v) is 20.7. The van der Waals surface area contributed by atoms with E-state index in [1.54, 1.807) is 12.1 Å². The summed E-state index contributed by atoms with van der Waals surface area (Å²) in [6.07, 6.45) is 10.2. The number of carbonyl (C=O) groups excluding carboxylic acids is 1. The second-order valence-electron chi connectivity index (χ2n) is 11.9. The Morgan fingerprint density at radius 2 is 1.94 bits per heavy atom. The SMILES string of the molecule is CCOC[C@@]1(O)CC[C@H]2[C@H](CC[C@@H]3[C@@H]2CC[C@]2(C)[C@@H](C(=O)Cc4ccc(C#N)nn4)CC[C@@H]32)C1. The number of nitrogens with zero attached hydrogens (tertiary/aromatic N) is 3. The van der Waals surface area contributed by atoms with Crippen LogP contribution in [0.3, 0.4) is 0 Å². The Kier molecular flexibility index (Phi) is 6.54. The van der Waals surface area contributed by atoms with E-state index in [0.717, 1.165) is 49.9 Å². The number of hydrogen-bond acceptors (Lipinski definition) is 6. The summed E-state index contributed by atoms with van der Waals surface area (Å²) in [5.74, 6) is 3.88. The number of aliphatic hydroxyl groups is 1. The number of nitriles is 1. The Labute approximate surface area is 203 Å². The van der Waals surface area contributed by atoms with Crippen molar-refractivity contribution in [3.63, 3.8) is 0 Å². The van der Waals surface area contributed by atoms with Crippen molar-refractivity contribution in [2.75, 3.05) is 13.2 Å². The largest absolute Gasteiger partial charge is 0.387 e. The molecule has 0 unspecified atom stereocenters. The summed E-state index contributed by atoms with van der Waals surface area (Å²) in [7, 11) is 0. The second kappa shape index (κ2) is 9.32. The van der Waals surface area contributed by atoms with Gasteiger partial charge in [0.2, 0.25) is 0 Å². The maximum absolute atomic E-state index is 13.4. The molecular weight excluding hydrogens is 426 g/mol. The lowest BCUT2D eigenvalue weighted by atomic mass is 9.49. The minimum atomic E-state index is -0.633. The van der Waals surface area contributed by atoms with Gasteiger partial charge in [0.1, 0.15) is 11.9 Å². The van der Waals surface area contributed by atoms with Gasteiger partial charge in [-0.1, -0.05) is 6.92 Å². The van der Waals surface area contributed by atoms with Crippen LogP contribution in [0.2, 0.25) is 0 Å². The van der Waals surface area contributed by atoms with Gasteiger partial charge in [-0.15, -0.1) is 5.10 Å². The maximum atomic E-state index is 13.4. The highest BCUT2D eigenvalue weighted by Gasteiger charge is 2.58. The standard InChI is InChI=1S/C28H39N3O3/c1-3-34-17-28(33)13-11-21-18(15-28)4-7-23-22(21)10-12-27(2)24(23)8-9-25(27)26(32)14-19-5-6-20(16-29)31-30-19/h5-6,18,21-25,33H,3-4,7-15,17H2,1-2H3/t18-,21+,22-,23-,24+,25-,27+,28-/m1/s1. The summed E-state index contributed by atoms with van der Waals surface area (Å²) in [6.45, 7) is 5.53. The molecule has 184 valence electrons. The molecule has 0 aliphatic heterocycles. The fourth-order valence-electron chi connectivity index (χ4n) is 8.73. The topological polar surface area (TPSA) is 96.1 Å². The van der Waals surface area contributed by atoms with Crippen molar-refractivity contribution >= 4 is 5.78 Å². The van der Waals surface area contributed by atoms with Crippen molar-refractivity contribution in [3.8, 4) is 6.07 Å². The lowest BCUT2D eigenvalue weighted by molar-refractivity contribution is -0.137. The lowest BCUT2D eigenvalue weighted by Crippen LogP contribution is -2.52. The molecule has 1 aromatic rings. The highest BCUT2D eigenvalue weighted by atomic mass is 16.5. The van der Waals surface area contributed by atoms with Gasteiger partial charge in [-0.2, -0.15) is 10.4 Å². The van der Waals surface area contributed by atoms with E-state index in [1.807, 2.05) is 13.0 Å². The van der Waals surface area contributed by atoms with E-state index in [0.29, 0.717) is 42.9 Å². The summed E-state index contributed by atoms with van der Waals surface area (Å²) >= 11 is 0. The normalized spacial score (nSPS) is 41.1. The highest BCUT2D eigenvalue weighted by molar-refractivity contribution is 5.84. The fraction of sp³-hybridized carbons (Fsp3) is 0.786. The van der Waals surface area contributed by atoms with Crippen LogP contribution in [0.4, 0.5) is 0 Å². The van der Waals surface area contributed by atoms with Gasteiger partial charge in [-0.3, -0.25) is 4.79 Å². The van der Waals surface area contributed by atoms with Crippen molar-refractivity contribution in [1.29, 1.82) is 5.26 Å². The molecule has 0 radical (unpaired) electrons. The van der Waals surface area contributed by atoms with Crippen molar-refractivity contribution in [1.82, 2.24) is 10.2 Å². The monoisotopic (exact) mass is 465 g/mol. The van der Waals surface area contributed by atoms with Crippen LogP contribution in [0.5, 0.6) is 0 Å². The zero-order chi connectivity index (χ0) is 23.9. The summed E-state index contributed by atoms with van der Waals surface area (Å²) < 4.78 is 5.62. The summed E-state index contributed by atoms with van der Waals surface area (Å²) in [6, 6.07) is 5.41. The number of fused-ring (bicyclic) bond motifs is 5. The molecule has 0 aromatic carbocycles. The van der Waals surface area contributed by atoms with E-state index in [9.17, 15) is 9.90 Å². The molecule has 0 saturated heterocycles.